The van der Waals surface area contributed by atoms with Gasteiger partial charge in [0.15, 0.2) is 0 Å². The van der Waals surface area contributed by atoms with Crippen LogP contribution in [0.4, 0.5) is 0 Å². The topological polar surface area (TPSA) is 189 Å². The molecule has 0 aromatic heterocycles. The summed E-state index contributed by atoms with van der Waals surface area (Å²) in [5.74, 6) is 0. The summed E-state index contributed by atoms with van der Waals surface area (Å²) < 4.78 is 0. The Balaban J connectivity index is 0. The SMILES string of the molecule is O.O.O.O.O.O.[Al].[Al].[Ca].[Ca].[Ca]. The molecule has 0 aliphatic carbocycles. The van der Waals surface area contributed by atoms with Gasteiger partial charge in [0.25, 0.3) is 0 Å². The van der Waals surface area contributed by atoms with Crippen molar-refractivity contribution >= 4 is 148 Å². The molecular weight excluding hydrogens is 270 g/mol. The molecule has 60 valence electrons. The van der Waals surface area contributed by atoms with Crippen molar-refractivity contribution in [2.75, 3.05) is 0 Å². The maximum atomic E-state index is 0. The van der Waals surface area contributed by atoms with Gasteiger partial charge >= 0.3 is 0 Å². The fourth-order valence-corrected chi connectivity index (χ4v) is 0. The van der Waals surface area contributed by atoms with Crippen molar-refractivity contribution in [3.05, 3.63) is 0 Å². The van der Waals surface area contributed by atoms with Crippen molar-refractivity contribution in [3.8, 4) is 0 Å². The number of hydrogen-bond acceptors (Lipinski definition) is 0. The van der Waals surface area contributed by atoms with Gasteiger partial charge in [0.05, 0.1) is 0 Å². The number of rotatable bonds is 0. The van der Waals surface area contributed by atoms with Crippen LogP contribution in [0.2, 0.25) is 0 Å². The van der Waals surface area contributed by atoms with E-state index in [2.05, 4.69) is 0 Å². The molecule has 0 unspecified atom stereocenters. The minimum Gasteiger partial charge on any atom is -0.412 e. The zero-order valence-corrected chi connectivity index (χ0v) is 15.2. The number of hydrogen-bond donors (Lipinski definition) is 0. The third kappa shape index (κ3) is 109. The van der Waals surface area contributed by atoms with Crippen LogP contribution < -0.4 is 0 Å². The molecule has 0 atom stereocenters. The van der Waals surface area contributed by atoms with E-state index in [-0.39, 0.29) is 181 Å². The summed E-state index contributed by atoms with van der Waals surface area (Å²) in [6.45, 7) is 0. The molecule has 6 nitrogen and oxygen atoms in total. The third-order valence-electron chi connectivity index (χ3n) is 0. The summed E-state index contributed by atoms with van der Waals surface area (Å²) in [5.41, 5.74) is 0. The van der Waals surface area contributed by atoms with Crippen LogP contribution in [0, 0.1) is 0 Å². The monoisotopic (exact) mass is 282 g/mol. The molecule has 0 aromatic rings. The normalized spacial score (nSPS) is 0. The molecule has 0 rings (SSSR count). The molecule has 0 bridgehead atoms. The molecule has 12 radical (unpaired) electrons. The Morgan fingerprint density at radius 3 is 0.273 bits per heavy atom. The van der Waals surface area contributed by atoms with E-state index in [4.69, 9.17) is 0 Å². The van der Waals surface area contributed by atoms with Crippen molar-refractivity contribution < 1.29 is 32.9 Å². The maximum absolute atomic E-state index is 0. The van der Waals surface area contributed by atoms with Crippen molar-refractivity contribution in [1.82, 2.24) is 0 Å². The Labute approximate surface area is 176 Å². The molecule has 0 heterocycles. The summed E-state index contributed by atoms with van der Waals surface area (Å²) in [6, 6.07) is 0. The van der Waals surface area contributed by atoms with Gasteiger partial charge in [0, 0.05) is 148 Å². The Morgan fingerprint density at radius 2 is 0.273 bits per heavy atom. The van der Waals surface area contributed by atoms with Crippen LogP contribution in [-0.4, -0.2) is 181 Å². The van der Waals surface area contributed by atoms with Crippen LogP contribution in [0.15, 0.2) is 0 Å². The van der Waals surface area contributed by atoms with Crippen molar-refractivity contribution in [2.45, 2.75) is 0 Å². The molecule has 0 aromatic carbocycles. The molecule has 11 heavy (non-hydrogen) atoms. The first-order valence-electron chi connectivity index (χ1n) is 0. The fourth-order valence-electron chi connectivity index (χ4n) is 0. The smallest absolute Gasteiger partial charge is 0 e. The van der Waals surface area contributed by atoms with Crippen LogP contribution in [0.5, 0.6) is 0 Å². The van der Waals surface area contributed by atoms with E-state index in [0.29, 0.717) is 0 Å². The Kier molecular flexibility index (Phi) is 1820. The first-order chi connectivity index (χ1) is 0. The average molecular weight is 282 g/mol. The predicted octanol–water partition coefficient (Wildman–Crippen LogP) is -6.85. The molecule has 0 aliphatic heterocycles. The summed E-state index contributed by atoms with van der Waals surface area (Å²) in [7, 11) is 0. The minimum absolute atomic E-state index is 0. The second-order valence-corrected chi connectivity index (χ2v) is 0. The van der Waals surface area contributed by atoms with Gasteiger partial charge in [-0.25, -0.2) is 0 Å². The van der Waals surface area contributed by atoms with Gasteiger partial charge < -0.3 is 32.9 Å². The van der Waals surface area contributed by atoms with Gasteiger partial charge in [-0.1, -0.05) is 0 Å². The average Bonchev–Trinajstić information content (AvgIpc) is 0. The van der Waals surface area contributed by atoms with Crippen LogP contribution in [0.3, 0.4) is 0 Å². The molecule has 0 aliphatic rings. The van der Waals surface area contributed by atoms with Crippen LogP contribution in [0.1, 0.15) is 0 Å². The molecule has 0 saturated heterocycles. The van der Waals surface area contributed by atoms with Crippen LogP contribution in [-0.2, 0) is 0 Å². The van der Waals surface area contributed by atoms with Gasteiger partial charge in [-0.15, -0.1) is 0 Å². The first-order valence-corrected chi connectivity index (χ1v) is 0. The van der Waals surface area contributed by atoms with Crippen molar-refractivity contribution in [3.63, 3.8) is 0 Å². The van der Waals surface area contributed by atoms with Crippen LogP contribution >= 0.6 is 0 Å². The summed E-state index contributed by atoms with van der Waals surface area (Å²) in [6.07, 6.45) is 0. The Hall–Kier alpha value is 4.60. The fraction of sp³-hybridized carbons (Fsp3) is 0. The van der Waals surface area contributed by atoms with E-state index in [1.54, 1.807) is 0 Å². The molecule has 0 spiro atoms. The van der Waals surface area contributed by atoms with E-state index < -0.39 is 0 Å². The maximum Gasteiger partial charge on any atom is 0 e. The Morgan fingerprint density at radius 1 is 0.273 bits per heavy atom. The van der Waals surface area contributed by atoms with Crippen LogP contribution in [0.25, 0.3) is 0 Å². The van der Waals surface area contributed by atoms with Crippen molar-refractivity contribution in [1.29, 1.82) is 0 Å². The second kappa shape index (κ2) is 128. The van der Waals surface area contributed by atoms with E-state index >= 15 is 0 Å². The molecule has 0 fully saturated rings. The minimum atomic E-state index is 0. The van der Waals surface area contributed by atoms with Gasteiger partial charge in [0.1, 0.15) is 0 Å². The molecular formula is H12Al2Ca3O6. The summed E-state index contributed by atoms with van der Waals surface area (Å²) >= 11 is 0. The summed E-state index contributed by atoms with van der Waals surface area (Å²) in [4.78, 5) is 0. The van der Waals surface area contributed by atoms with E-state index in [0.717, 1.165) is 0 Å². The molecule has 0 amide bonds. The van der Waals surface area contributed by atoms with E-state index in [9.17, 15) is 0 Å². The van der Waals surface area contributed by atoms with Gasteiger partial charge in [-0.3, -0.25) is 0 Å². The standard InChI is InChI=1S/2Al.3Ca.6H2O/h;;;;;6*1H2. The van der Waals surface area contributed by atoms with E-state index in [1.165, 1.54) is 0 Å². The zero-order chi connectivity index (χ0) is 0. The quantitative estimate of drug-likeness (QED) is 0.382. The molecule has 11 heteroatoms. The summed E-state index contributed by atoms with van der Waals surface area (Å²) in [5, 5.41) is 0. The largest absolute Gasteiger partial charge is 0.412 e. The van der Waals surface area contributed by atoms with Gasteiger partial charge in [0.2, 0.25) is 0 Å². The Bertz CT molecular complexity index is 15.8. The third-order valence-corrected chi connectivity index (χ3v) is 0. The molecule has 12 N–H and O–H groups in total. The second-order valence-electron chi connectivity index (χ2n) is 0. The van der Waals surface area contributed by atoms with Gasteiger partial charge in [-0.2, -0.15) is 0 Å². The van der Waals surface area contributed by atoms with Gasteiger partial charge in [-0.05, 0) is 0 Å². The molecule has 0 saturated carbocycles. The first kappa shape index (κ1) is 157. The predicted molar refractivity (Wildman–Crippen MR) is 50.5 cm³/mol. The zero-order valence-electron chi connectivity index (χ0n) is 6.28. The van der Waals surface area contributed by atoms with E-state index in [1.807, 2.05) is 0 Å². The van der Waals surface area contributed by atoms with Crippen molar-refractivity contribution in [2.24, 2.45) is 0 Å².